The van der Waals surface area contributed by atoms with Crippen molar-refractivity contribution in [3.05, 3.63) is 188 Å². The van der Waals surface area contributed by atoms with Crippen LogP contribution in [0.2, 0.25) is 0 Å². The van der Waals surface area contributed by atoms with Crippen LogP contribution in [-0.2, 0) is 0 Å². The number of aromatic nitrogens is 3. The molecule has 3 heterocycles. The highest BCUT2D eigenvalue weighted by Gasteiger charge is 2.20. The monoisotopic (exact) mass is 693 g/mol. The van der Waals surface area contributed by atoms with E-state index in [4.69, 9.17) is 4.98 Å². The lowest BCUT2D eigenvalue weighted by atomic mass is 9.99. The van der Waals surface area contributed by atoms with Gasteiger partial charge in [0.05, 0.1) is 22.1 Å². The molecule has 0 spiro atoms. The van der Waals surface area contributed by atoms with Gasteiger partial charge in [-0.1, -0.05) is 121 Å². The molecule has 0 saturated heterocycles. The SMILES string of the molecule is c1ccc(-c2ccc3c(c2)c2cc(-c4cccc5c4sc4c(-c6nc7ccccc7n6-c6ccccc6)cccc45)ccc2n3-c2ccccc2)cc1. The molecule has 0 fully saturated rings. The number of hydrogen-bond donors (Lipinski definition) is 0. The molecular formula is C49H31N3S. The fourth-order valence-corrected chi connectivity index (χ4v) is 9.47. The van der Waals surface area contributed by atoms with Crippen LogP contribution in [0.25, 0.3) is 98.0 Å². The maximum Gasteiger partial charge on any atom is 0.147 e. The Kier molecular flexibility index (Phi) is 6.73. The van der Waals surface area contributed by atoms with Crippen LogP contribution in [-0.4, -0.2) is 14.1 Å². The number of para-hydroxylation sites is 4. The van der Waals surface area contributed by atoms with Crippen molar-refractivity contribution in [3.8, 4) is 45.0 Å². The van der Waals surface area contributed by atoms with Crippen molar-refractivity contribution in [1.29, 1.82) is 0 Å². The molecule has 4 heteroatoms. The van der Waals surface area contributed by atoms with Crippen molar-refractivity contribution in [1.82, 2.24) is 14.1 Å². The minimum absolute atomic E-state index is 0.959. The molecule has 0 bridgehead atoms. The molecule has 248 valence electrons. The van der Waals surface area contributed by atoms with E-state index in [0.717, 1.165) is 33.8 Å². The van der Waals surface area contributed by atoms with E-state index in [1.165, 1.54) is 64.2 Å². The van der Waals surface area contributed by atoms with Crippen LogP contribution in [0.3, 0.4) is 0 Å². The predicted molar refractivity (Wildman–Crippen MR) is 225 cm³/mol. The van der Waals surface area contributed by atoms with Crippen LogP contribution in [0.5, 0.6) is 0 Å². The van der Waals surface area contributed by atoms with Crippen molar-refractivity contribution >= 4 is 64.3 Å². The number of hydrogen-bond acceptors (Lipinski definition) is 2. The summed E-state index contributed by atoms with van der Waals surface area (Å²) in [6, 6.07) is 67.7. The molecule has 0 unspecified atom stereocenters. The number of benzene rings is 8. The van der Waals surface area contributed by atoms with Gasteiger partial charge in [-0.2, -0.15) is 0 Å². The molecule has 3 aromatic heterocycles. The minimum atomic E-state index is 0.959. The lowest BCUT2D eigenvalue weighted by Gasteiger charge is -2.10. The fraction of sp³-hybridized carbons (Fsp3) is 0. The van der Waals surface area contributed by atoms with E-state index < -0.39 is 0 Å². The summed E-state index contributed by atoms with van der Waals surface area (Å²) in [5, 5.41) is 5.02. The first-order chi connectivity index (χ1) is 26.3. The van der Waals surface area contributed by atoms with Crippen molar-refractivity contribution in [2.45, 2.75) is 0 Å². The zero-order valence-electron chi connectivity index (χ0n) is 28.6. The van der Waals surface area contributed by atoms with Crippen molar-refractivity contribution in [2.24, 2.45) is 0 Å². The number of nitrogens with zero attached hydrogens (tertiary/aromatic N) is 3. The van der Waals surface area contributed by atoms with Gasteiger partial charge in [0.15, 0.2) is 0 Å². The Bertz CT molecular complexity index is 3150. The molecular weight excluding hydrogens is 663 g/mol. The van der Waals surface area contributed by atoms with Gasteiger partial charge in [0.1, 0.15) is 5.82 Å². The molecule has 0 N–H and O–H groups in total. The zero-order chi connectivity index (χ0) is 34.9. The van der Waals surface area contributed by atoms with Crippen LogP contribution in [0.4, 0.5) is 0 Å². The first kappa shape index (κ1) is 29.9. The Labute approximate surface area is 310 Å². The molecule has 53 heavy (non-hydrogen) atoms. The van der Waals surface area contributed by atoms with Crippen LogP contribution in [0.1, 0.15) is 0 Å². The predicted octanol–water partition coefficient (Wildman–Crippen LogP) is 13.5. The highest BCUT2D eigenvalue weighted by atomic mass is 32.1. The fourth-order valence-electron chi connectivity index (χ4n) is 8.12. The summed E-state index contributed by atoms with van der Waals surface area (Å²) in [6.45, 7) is 0. The third-order valence-corrected chi connectivity index (χ3v) is 11.8. The summed E-state index contributed by atoms with van der Waals surface area (Å²) < 4.78 is 7.23. The second kappa shape index (κ2) is 11.9. The third kappa shape index (κ3) is 4.70. The minimum Gasteiger partial charge on any atom is -0.309 e. The van der Waals surface area contributed by atoms with Crippen molar-refractivity contribution < 1.29 is 0 Å². The number of thiophene rings is 1. The van der Waals surface area contributed by atoms with E-state index in [1.54, 1.807) is 0 Å². The van der Waals surface area contributed by atoms with Crippen LogP contribution >= 0.6 is 11.3 Å². The smallest absolute Gasteiger partial charge is 0.147 e. The van der Waals surface area contributed by atoms with Crippen LogP contribution < -0.4 is 0 Å². The zero-order valence-corrected chi connectivity index (χ0v) is 29.5. The standard InChI is InChI=1S/C49H31N3S/c1-4-14-32(15-5-1)33-26-28-44-41(30-33)42-31-34(27-29-45(42)51(44)35-16-6-2-7-17-35)37-20-12-21-38-39-22-13-23-40(48(39)53-47(37)38)49-50-43-24-10-11-25-46(43)52(49)36-18-8-3-9-19-36/h1-31H. The molecule has 0 aliphatic rings. The summed E-state index contributed by atoms with van der Waals surface area (Å²) >= 11 is 1.87. The summed E-state index contributed by atoms with van der Waals surface area (Å²) in [7, 11) is 0. The maximum atomic E-state index is 5.25. The summed E-state index contributed by atoms with van der Waals surface area (Å²) in [4.78, 5) is 5.25. The van der Waals surface area contributed by atoms with Gasteiger partial charge in [-0.25, -0.2) is 4.98 Å². The van der Waals surface area contributed by atoms with E-state index in [1.807, 2.05) is 11.3 Å². The molecule has 0 saturated carbocycles. The Balaban J connectivity index is 1.14. The van der Waals surface area contributed by atoms with Crippen molar-refractivity contribution in [3.63, 3.8) is 0 Å². The number of imidazole rings is 1. The number of fused-ring (bicyclic) bond motifs is 7. The maximum absolute atomic E-state index is 5.25. The largest absolute Gasteiger partial charge is 0.309 e. The van der Waals surface area contributed by atoms with E-state index in [2.05, 4.69) is 197 Å². The Morgan fingerprint density at radius 2 is 0.906 bits per heavy atom. The van der Waals surface area contributed by atoms with Gasteiger partial charge < -0.3 is 4.57 Å². The summed E-state index contributed by atoms with van der Waals surface area (Å²) in [5.41, 5.74) is 12.8. The van der Waals surface area contributed by atoms with Gasteiger partial charge in [0.2, 0.25) is 0 Å². The topological polar surface area (TPSA) is 22.8 Å². The lowest BCUT2D eigenvalue weighted by Crippen LogP contribution is -1.97. The molecule has 0 aliphatic carbocycles. The average molecular weight is 694 g/mol. The third-order valence-electron chi connectivity index (χ3n) is 10.5. The second-order valence-corrected chi connectivity index (χ2v) is 14.6. The lowest BCUT2D eigenvalue weighted by molar-refractivity contribution is 1.11. The van der Waals surface area contributed by atoms with Gasteiger partial charge in [-0.05, 0) is 89.0 Å². The molecule has 0 amide bonds. The van der Waals surface area contributed by atoms with Gasteiger partial charge in [0, 0.05) is 47.9 Å². The second-order valence-electron chi connectivity index (χ2n) is 13.6. The first-order valence-electron chi connectivity index (χ1n) is 18.0. The first-order valence-corrected chi connectivity index (χ1v) is 18.8. The average Bonchev–Trinajstić information content (AvgIpc) is 3.91. The van der Waals surface area contributed by atoms with E-state index in [-0.39, 0.29) is 0 Å². The molecule has 3 nitrogen and oxygen atoms in total. The molecule has 8 aromatic carbocycles. The van der Waals surface area contributed by atoms with E-state index >= 15 is 0 Å². The Morgan fingerprint density at radius 3 is 1.60 bits per heavy atom. The van der Waals surface area contributed by atoms with E-state index in [0.29, 0.717) is 0 Å². The normalized spacial score (nSPS) is 11.8. The van der Waals surface area contributed by atoms with E-state index in [9.17, 15) is 0 Å². The van der Waals surface area contributed by atoms with Gasteiger partial charge in [-0.3, -0.25) is 4.57 Å². The van der Waals surface area contributed by atoms with Crippen LogP contribution in [0, 0.1) is 0 Å². The molecule has 0 atom stereocenters. The molecule has 11 aromatic rings. The Hall–Kier alpha value is -6.75. The summed E-state index contributed by atoms with van der Waals surface area (Å²) in [5.74, 6) is 0.959. The molecule has 11 rings (SSSR count). The van der Waals surface area contributed by atoms with Crippen LogP contribution in [0.15, 0.2) is 188 Å². The van der Waals surface area contributed by atoms with Gasteiger partial charge in [0.25, 0.3) is 0 Å². The van der Waals surface area contributed by atoms with Crippen molar-refractivity contribution in [2.75, 3.05) is 0 Å². The quantitative estimate of drug-likeness (QED) is 0.176. The van der Waals surface area contributed by atoms with Gasteiger partial charge >= 0.3 is 0 Å². The number of rotatable bonds is 5. The highest BCUT2D eigenvalue weighted by Crippen LogP contribution is 2.45. The highest BCUT2D eigenvalue weighted by molar-refractivity contribution is 7.26. The summed E-state index contributed by atoms with van der Waals surface area (Å²) in [6.07, 6.45) is 0. The van der Waals surface area contributed by atoms with Gasteiger partial charge in [-0.15, -0.1) is 11.3 Å². The molecule has 0 aliphatic heterocycles. The molecule has 0 radical (unpaired) electrons. The Morgan fingerprint density at radius 1 is 0.358 bits per heavy atom.